The van der Waals surface area contributed by atoms with Gasteiger partial charge in [0.1, 0.15) is 0 Å². The zero-order valence-corrected chi connectivity index (χ0v) is 14.9. The molecule has 0 radical (unpaired) electrons. The Bertz CT molecular complexity index is 756. The molecule has 2 aromatic rings. The standard InChI is InChI=1S/C19H19ClN2O4/c20-15-3-1-14(2-4-15)19(24)26-13-18(23)21-16-5-7-17(8-6-16)22-9-11-25-12-10-22/h1-8H,9-13H2,(H,21,23). The maximum atomic E-state index is 12.0. The van der Waals surface area contributed by atoms with Crippen molar-refractivity contribution >= 4 is 34.9 Å². The van der Waals surface area contributed by atoms with Crippen LogP contribution >= 0.6 is 11.6 Å². The second kappa shape index (κ2) is 8.69. The molecule has 1 aliphatic rings. The van der Waals surface area contributed by atoms with Crippen LogP contribution in [-0.4, -0.2) is 44.8 Å². The number of hydrogen-bond acceptors (Lipinski definition) is 5. The van der Waals surface area contributed by atoms with E-state index in [-0.39, 0.29) is 6.61 Å². The summed E-state index contributed by atoms with van der Waals surface area (Å²) in [7, 11) is 0. The summed E-state index contributed by atoms with van der Waals surface area (Å²) in [6.07, 6.45) is 0. The van der Waals surface area contributed by atoms with Crippen molar-refractivity contribution in [1.29, 1.82) is 0 Å². The first-order valence-corrected chi connectivity index (χ1v) is 8.65. The lowest BCUT2D eigenvalue weighted by atomic mass is 10.2. The lowest BCUT2D eigenvalue weighted by Crippen LogP contribution is -2.36. The van der Waals surface area contributed by atoms with E-state index >= 15 is 0 Å². The van der Waals surface area contributed by atoms with Gasteiger partial charge in [-0.25, -0.2) is 4.79 Å². The summed E-state index contributed by atoms with van der Waals surface area (Å²) in [6, 6.07) is 13.8. The Kier molecular flexibility index (Phi) is 6.09. The average Bonchev–Trinajstić information content (AvgIpc) is 2.68. The Morgan fingerprint density at radius 3 is 2.35 bits per heavy atom. The first-order valence-electron chi connectivity index (χ1n) is 8.27. The van der Waals surface area contributed by atoms with Crippen LogP contribution in [0.25, 0.3) is 0 Å². The fraction of sp³-hybridized carbons (Fsp3) is 0.263. The molecule has 26 heavy (non-hydrogen) atoms. The molecule has 0 unspecified atom stereocenters. The highest BCUT2D eigenvalue weighted by Crippen LogP contribution is 2.19. The molecule has 1 heterocycles. The molecular formula is C19H19ClN2O4. The Morgan fingerprint density at radius 2 is 1.69 bits per heavy atom. The summed E-state index contributed by atoms with van der Waals surface area (Å²) < 4.78 is 10.3. The number of anilines is 2. The van der Waals surface area contributed by atoms with Crippen LogP contribution in [0, 0.1) is 0 Å². The zero-order valence-electron chi connectivity index (χ0n) is 14.1. The van der Waals surface area contributed by atoms with Gasteiger partial charge in [-0.3, -0.25) is 4.79 Å². The molecule has 7 heteroatoms. The molecule has 0 saturated carbocycles. The largest absolute Gasteiger partial charge is 0.452 e. The van der Waals surface area contributed by atoms with Crippen LogP contribution in [0.15, 0.2) is 48.5 Å². The maximum Gasteiger partial charge on any atom is 0.338 e. The third-order valence-corrected chi connectivity index (χ3v) is 4.19. The van der Waals surface area contributed by atoms with Crippen LogP contribution in [0.5, 0.6) is 0 Å². The molecular weight excluding hydrogens is 356 g/mol. The highest BCUT2D eigenvalue weighted by Gasteiger charge is 2.12. The third kappa shape index (κ3) is 4.97. The number of carbonyl (C=O) groups excluding carboxylic acids is 2. The zero-order chi connectivity index (χ0) is 18.4. The van der Waals surface area contributed by atoms with Gasteiger partial charge < -0.3 is 19.7 Å². The van der Waals surface area contributed by atoms with E-state index < -0.39 is 11.9 Å². The predicted octanol–water partition coefficient (Wildman–Crippen LogP) is 2.97. The summed E-state index contributed by atoms with van der Waals surface area (Å²) in [5, 5.41) is 3.24. The fourth-order valence-electron chi connectivity index (χ4n) is 2.57. The first kappa shape index (κ1) is 18.2. The molecule has 0 bridgehead atoms. The molecule has 0 spiro atoms. The van der Waals surface area contributed by atoms with Gasteiger partial charge in [-0.05, 0) is 48.5 Å². The molecule has 0 atom stereocenters. The van der Waals surface area contributed by atoms with Crippen LogP contribution in [0.3, 0.4) is 0 Å². The van der Waals surface area contributed by atoms with Gasteiger partial charge in [0.25, 0.3) is 5.91 Å². The predicted molar refractivity (Wildman–Crippen MR) is 99.8 cm³/mol. The van der Waals surface area contributed by atoms with E-state index in [9.17, 15) is 9.59 Å². The van der Waals surface area contributed by atoms with Crippen molar-refractivity contribution < 1.29 is 19.1 Å². The van der Waals surface area contributed by atoms with Gasteiger partial charge in [0.15, 0.2) is 6.61 Å². The van der Waals surface area contributed by atoms with Gasteiger partial charge in [-0.2, -0.15) is 0 Å². The van der Waals surface area contributed by atoms with Crippen LogP contribution in [0.4, 0.5) is 11.4 Å². The van der Waals surface area contributed by atoms with Crippen molar-refractivity contribution in [2.24, 2.45) is 0 Å². The number of ether oxygens (including phenoxy) is 2. The molecule has 3 rings (SSSR count). The van der Waals surface area contributed by atoms with E-state index in [1.807, 2.05) is 24.3 Å². The number of carbonyl (C=O) groups is 2. The molecule has 6 nitrogen and oxygen atoms in total. The first-order chi connectivity index (χ1) is 12.6. The number of hydrogen-bond donors (Lipinski definition) is 1. The SMILES string of the molecule is O=C(COC(=O)c1ccc(Cl)cc1)Nc1ccc(N2CCOCC2)cc1. The summed E-state index contributed by atoms with van der Waals surface area (Å²) in [4.78, 5) is 26.0. The Hall–Kier alpha value is -2.57. The molecule has 1 aliphatic heterocycles. The number of nitrogens with zero attached hydrogens (tertiary/aromatic N) is 1. The summed E-state index contributed by atoms with van der Waals surface area (Å²) in [6.45, 7) is 2.79. The number of esters is 1. The number of morpholine rings is 1. The molecule has 2 aromatic carbocycles. The summed E-state index contributed by atoms with van der Waals surface area (Å²) >= 11 is 5.77. The van der Waals surface area contributed by atoms with E-state index in [2.05, 4.69) is 10.2 Å². The van der Waals surface area contributed by atoms with Crippen molar-refractivity contribution in [2.75, 3.05) is 43.1 Å². The topological polar surface area (TPSA) is 67.9 Å². The van der Waals surface area contributed by atoms with Crippen molar-refractivity contribution in [3.8, 4) is 0 Å². The van der Waals surface area contributed by atoms with E-state index in [4.69, 9.17) is 21.1 Å². The second-order valence-corrected chi connectivity index (χ2v) is 6.21. The molecule has 1 amide bonds. The lowest BCUT2D eigenvalue weighted by Gasteiger charge is -2.28. The summed E-state index contributed by atoms with van der Waals surface area (Å²) in [5.74, 6) is -0.967. The highest BCUT2D eigenvalue weighted by molar-refractivity contribution is 6.30. The minimum Gasteiger partial charge on any atom is -0.452 e. The molecule has 136 valence electrons. The number of nitrogens with one attached hydrogen (secondary N) is 1. The van der Waals surface area contributed by atoms with Gasteiger partial charge >= 0.3 is 5.97 Å². The molecule has 0 aliphatic carbocycles. The fourth-order valence-corrected chi connectivity index (χ4v) is 2.70. The molecule has 0 aromatic heterocycles. The summed E-state index contributed by atoms with van der Waals surface area (Å²) in [5.41, 5.74) is 2.08. The van der Waals surface area contributed by atoms with Crippen molar-refractivity contribution in [3.05, 3.63) is 59.1 Å². The van der Waals surface area contributed by atoms with Crippen LogP contribution in [0.2, 0.25) is 5.02 Å². The van der Waals surface area contributed by atoms with Gasteiger partial charge in [0, 0.05) is 29.5 Å². The highest BCUT2D eigenvalue weighted by atomic mass is 35.5. The molecule has 1 saturated heterocycles. The average molecular weight is 375 g/mol. The third-order valence-electron chi connectivity index (χ3n) is 3.94. The van der Waals surface area contributed by atoms with Crippen molar-refractivity contribution in [2.45, 2.75) is 0 Å². The Balaban J connectivity index is 1.48. The van der Waals surface area contributed by atoms with E-state index in [1.165, 1.54) is 0 Å². The van der Waals surface area contributed by atoms with Gasteiger partial charge in [0.2, 0.25) is 0 Å². The number of rotatable bonds is 5. The molecule has 1 N–H and O–H groups in total. The normalized spacial score (nSPS) is 14.0. The number of benzene rings is 2. The smallest absolute Gasteiger partial charge is 0.338 e. The van der Waals surface area contributed by atoms with Crippen LogP contribution < -0.4 is 10.2 Å². The van der Waals surface area contributed by atoms with E-state index in [1.54, 1.807) is 24.3 Å². The Morgan fingerprint density at radius 1 is 1.04 bits per heavy atom. The van der Waals surface area contributed by atoms with Gasteiger partial charge in [-0.1, -0.05) is 11.6 Å². The second-order valence-electron chi connectivity index (χ2n) is 5.78. The maximum absolute atomic E-state index is 12.0. The van der Waals surface area contributed by atoms with Crippen molar-refractivity contribution in [1.82, 2.24) is 0 Å². The number of halogens is 1. The van der Waals surface area contributed by atoms with Crippen LogP contribution in [0.1, 0.15) is 10.4 Å². The quantitative estimate of drug-likeness (QED) is 0.815. The minimum atomic E-state index is -0.570. The minimum absolute atomic E-state index is 0.345. The van der Waals surface area contributed by atoms with E-state index in [0.29, 0.717) is 16.3 Å². The Labute approximate surface area is 156 Å². The van der Waals surface area contributed by atoms with Crippen LogP contribution in [-0.2, 0) is 14.3 Å². The lowest BCUT2D eigenvalue weighted by molar-refractivity contribution is -0.119. The van der Waals surface area contributed by atoms with Gasteiger partial charge in [0.05, 0.1) is 18.8 Å². The van der Waals surface area contributed by atoms with Crippen molar-refractivity contribution in [3.63, 3.8) is 0 Å². The molecule has 1 fully saturated rings. The van der Waals surface area contributed by atoms with Gasteiger partial charge in [-0.15, -0.1) is 0 Å². The van der Waals surface area contributed by atoms with E-state index in [0.717, 1.165) is 32.0 Å². The number of amides is 1. The monoisotopic (exact) mass is 374 g/mol.